The maximum absolute atomic E-state index is 6.15. The average Bonchev–Trinajstić information content (AvgIpc) is 2.27. The summed E-state index contributed by atoms with van der Waals surface area (Å²) in [5.74, 6) is 0. The van der Waals surface area contributed by atoms with Crippen molar-refractivity contribution in [1.82, 2.24) is 5.32 Å². The quantitative estimate of drug-likeness (QED) is 0.791. The maximum Gasteiger partial charge on any atom is 0.0639 e. The van der Waals surface area contributed by atoms with Crippen molar-refractivity contribution < 1.29 is 4.74 Å². The summed E-state index contributed by atoms with van der Waals surface area (Å²) in [6.45, 7) is 7.60. The second kappa shape index (κ2) is 7.22. The third kappa shape index (κ3) is 4.84. The molecule has 0 amide bonds. The zero-order valence-corrected chi connectivity index (χ0v) is 12.0. The molecule has 0 aromatic heterocycles. The van der Waals surface area contributed by atoms with Gasteiger partial charge in [0.1, 0.15) is 0 Å². The van der Waals surface area contributed by atoms with Gasteiger partial charge >= 0.3 is 0 Å². The fourth-order valence-electron chi connectivity index (χ4n) is 1.53. The van der Waals surface area contributed by atoms with Crippen LogP contribution in [0.2, 0.25) is 10.0 Å². The SMILES string of the molecule is CC(C)OCCNC(C)c1cccc(Cl)c1Cl. The highest BCUT2D eigenvalue weighted by molar-refractivity contribution is 6.42. The minimum absolute atomic E-state index is 0.164. The van der Waals surface area contributed by atoms with E-state index in [-0.39, 0.29) is 12.1 Å². The fraction of sp³-hybridized carbons (Fsp3) is 0.538. The van der Waals surface area contributed by atoms with Gasteiger partial charge in [-0.15, -0.1) is 0 Å². The van der Waals surface area contributed by atoms with Crippen LogP contribution in [0.1, 0.15) is 32.4 Å². The summed E-state index contributed by atoms with van der Waals surface area (Å²) >= 11 is 12.1. The Kier molecular flexibility index (Phi) is 6.28. The maximum atomic E-state index is 6.15. The molecule has 0 aliphatic heterocycles. The number of rotatable bonds is 6. The lowest BCUT2D eigenvalue weighted by molar-refractivity contribution is 0.0796. The molecular weight excluding hydrogens is 257 g/mol. The number of hydrogen-bond donors (Lipinski definition) is 1. The number of halogens is 2. The molecule has 0 heterocycles. The van der Waals surface area contributed by atoms with Crippen LogP contribution in [0.15, 0.2) is 18.2 Å². The van der Waals surface area contributed by atoms with Gasteiger partial charge in [0.15, 0.2) is 0 Å². The van der Waals surface area contributed by atoms with Crippen molar-refractivity contribution in [3.8, 4) is 0 Å². The van der Waals surface area contributed by atoms with Gasteiger partial charge in [0.05, 0.1) is 22.8 Å². The number of hydrogen-bond acceptors (Lipinski definition) is 2. The van der Waals surface area contributed by atoms with E-state index >= 15 is 0 Å². The summed E-state index contributed by atoms with van der Waals surface area (Å²) < 4.78 is 5.46. The Morgan fingerprint density at radius 2 is 1.94 bits per heavy atom. The lowest BCUT2D eigenvalue weighted by atomic mass is 10.1. The van der Waals surface area contributed by atoms with Gasteiger partial charge in [0.2, 0.25) is 0 Å². The third-order valence-corrected chi connectivity index (χ3v) is 3.29. The monoisotopic (exact) mass is 275 g/mol. The number of ether oxygens (including phenoxy) is 1. The molecular formula is C13H19Cl2NO. The summed E-state index contributed by atoms with van der Waals surface area (Å²) in [5, 5.41) is 4.57. The van der Waals surface area contributed by atoms with Gasteiger partial charge in [0.25, 0.3) is 0 Å². The molecule has 4 heteroatoms. The average molecular weight is 276 g/mol. The van der Waals surface area contributed by atoms with Crippen LogP contribution in [0, 0.1) is 0 Å². The molecule has 0 saturated heterocycles. The highest BCUT2D eigenvalue weighted by Crippen LogP contribution is 2.29. The molecule has 1 unspecified atom stereocenters. The van der Waals surface area contributed by atoms with Gasteiger partial charge in [-0.25, -0.2) is 0 Å². The van der Waals surface area contributed by atoms with Crippen molar-refractivity contribution in [2.75, 3.05) is 13.2 Å². The summed E-state index contributed by atoms with van der Waals surface area (Å²) in [6.07, 6.45) is 0.266. The number of benzene rings is 1. The third-order valence-electron chi connectivity index (χ3n) is 2.45. The molecule has 1 aromatic rings. The molecule has 0 saturated carbocycles. The van der Waals surface area contributed by atoms with E-state index in [4.69, 9.17) is 27.9 Å². The first-order valence-corrected chi connectivity index (χ1v) is 6.57. The lowest BCUT2D eigenvalue weighted by Gasteiger charge is -2.17. The van der Waals surface area contributed by atoms with Gasteiger partial charge in [-0.1, -0.05) is 35.3 Å². The first-order valence-electron chi connectivity index (χ1n) is 5.81. The minimum atomic E-state index is 0.164. The van der Waals surface area contributed by atoms with Crippen LogP contribution in [0.4, 0.5) is 0 Å². The number of nitrogens with one attached hydrogen (secondary N) is 1. The van der Waals surface area contributed by atoms with Gasteiger partial charge < -0.3 is 10.1 Å². The highest BCUT2D eigenvalue weighted by atomic mass is 35.5. The van der Waals surface area contributed by atoms with Crippen LogP contribution in [0.25, 0.3) is 0 Å². The Morgan fingerprint density at radius 1 is 1.24 bits per heavy atom. The van der Waals surface area contributed by atoms with Crippen LogP contribution in [0.5, 0.6) is 0 Å². The molecule has 0 radical (unpaired) electrons. The molecule has 0 bridgehead atoms. The summed E-state index contributed by atoms with van der Waals surface area (Å²) in [6, 6.07) is 5.85. The van der Waals surface area contributed by atoms with Gasteiger partial charge in [-0.2, -0.15) is 0 Å². The Balaban J connectivity index is 2.47. The van der Waals surface area contributed by atoms with Crippen molar-refractivity contribution in [3.63, 3.8) is 0 Å². The van der Waals surface area contributed by atoms with E-state index in [2.05, 4.69) is 12.2 Å². The molecule has 1 atom stereocenters. The first-order chi connectivity index (χ1) is 8.02. The zero-order chi connectivity index (χ0) is 12.8. The predicted octanol–water partition coefficient (Wildman–Crippen LogP) is 4.07. The molecule has 1 rings (SSSR count). The predicted molar refractivity (Wildman–Crippen MR) is 74.0 cm³/mol. The van der Waals surface area contributed by atoms with Crippen LogP contribution >= 0.6 is 23.2 Å². The van der Waals surface area contributed by atoms with Crippen molar-refractivity contribution in [2.24, 2.45) is 0 Å². The van der Waals surface area contributed by atoms with E-state index in [1.54, 1.807) is 6.07 Å². The second-order valence-corrected chi connectivity index (χ2v) is 5.02. The molecule has 0 fully saturated rings. The van der Waals surface area contributed by atoms with Crippen LogP contribution in [0.3, 0.4) is 0 Å². The van der Waals surface area contributed by atoms with Crippen molar-refractivity contribution in [1.29, 1.82) is 0 Å². The van der Waals surface area contributed by atoms with Gasteiger partial charge in [-0.3, -0.25) is 0 Å². The van der Waals surface area contributed by atoms with Crippen molar-refractivity contribution >= 4 is 23.2 Å². The van der Waals surface area contributed by atoms with E-state index in [0.29, 0.717) is 16.7 Å². The van der Waals surface area contributed by atoms with Crippen LogP contribution in [-0.4, -0.2) is 19.3 Å². The van der Waals surface area contributed by atoms with Crippen molar-refractivity contribution in [2.45, 2.75) is 32.9 Å². The van der Waals surface area contributed by atoms with E-state index in [0.717, 1.165) is 12.1 Å². The summed E-state index contributed by atoms with van der Waals surface area (Å²) in [7, 11) is 0. The minimum Gasteiger partial charge on any atom is -0.377 e. The topological polar surface area (TPSA) is 21.3 Å². The van der Waals surface area contributed by atoms with E-state index < -0.39 is 0 Å². The summed E-state index contributed by atoms with van der Waals surface area (Å²) in [4.78, 5) is 0. The molecule has 1 aromatic carbocycles. The van der Waals surface area contributed by atoms with E-state index in [9.17, 15) is 0 Å². The van der Waals surface area contributed by atoms with Crippen LogP contribution in [-0.2, 0) is 4.74 Å². The molecule has 1 N–H and O–H groups in total. The zero-order valence-electron chi connectivity index (χ0n) is 10.5. The molecule has 17 heavy (non-hydrogen) atoms. The first kappa shape index (κ1) is 14.8. The standard InChI is InChI=1S/C13H19Cl2NO/c1-9(2)17-8-7-16-10(3)11-5-4-6-12(14)13(11)15/h4-6,9-10,16H,7-8H2,1-3H3. The Bertz CT molecular complexity index is 355. The van der Waals surface area contributed by atoms with Gasteiger partial charge in [-0.05, 0) is 32.4 Å². The van der Waals surface area contributed by atoms with E-state index in [1.165, 1.54) is 0 Å². The largest absolute Gasteiger partial charge is 0.377 e. The Labute approximate surface area is 113 Å². The second-order valence-electron chi connectivity index (χ2n) is 4.24. The van der Waals surface area contributed by atoms with Crippen LogP contribution < -0.4 is 5.32 Å². The fourth-order valence-corrected chi connectivity index (χ4v) is 2.01. The normalized spacial score (nSPS) is 13.1. The Morgan fingerprint density at radius 3 is 2.59 bits per heavy atom. The molecule has 0 aliphatic carbocycles. The molecule has 0 spiro atoms. The Hall–Kier alpha value is -0.280. The van der Waals surface area contributed by atoms with Gasteiger partial charge in [0, 0.05) is 12.6 Å². The van der Waals surface area contributed by atoms with E-state index in [1.807, 2.05) is 26.0 Å². The van der Waals surface area contributed by atoms with Crippen molar-refractivity contribution in [3.05, 3.63) is 33.8 Å². The highest BCUT2D eigenvalue weighted by Gasteiger charge is 2.10. The lowest BCUT2D eigenvalue weighted by Crippen LogP contribution is -2.24. The molecule has 2 nitrogen and oxygen atoms in total. The summed E-state index contributed by atoms with van der Waals surface area (Å²) in [5.41, 5.74) is 1.02. The molecule has 0 aliphatic rings. The molecule has 96 valence electrons. The smallest absolute Gasteiger partial charge is 0.0639 e.